The molecule has 2 aliphatic heterocycles. The second-order valence-corrected chi connectivity index (χ2v) is 8.13. The Morgan fingerprint density at radius 3 is 2.79 bits per heavy atom. The number of benzene rings is 1. The molecule has 4 rings (SSSR count). The molecule has 0 saturated carbocycles. The fraction of sp³-hybridized carbons (Fsp3) is 0.316. The highest BCUT2D eigenvalue weighted by atomic mass is 35.5. The second-order valence-electron chi connectivity index (χ2n) is 6.41. The monoisotopic (exact) mass is 419 g/mol. The number of carbonyl (C=O) groups excluding carboxylic acids is 2. The summed E-state index contributed by atoms with van der Waals surface area (Å²) in [5, 5.41) is 6.81. The number of thiophene rings is 1. The molecule has 1 atom stereocenters. The Kier molecular flexibility index (Phi) is 5.61. The zero-order chi connectivity index (χ0) is 19.5. The summed E-state index contributed by atoms with van der Waals surface area (Å²) in [5.41, 5.74) is 1.77. The summed E-state index contributed by atoms with van der Waals surface area (Å²) in [6, 6.07) is 10.5. The van der Waals surface area contributed by atoms with Gasteiger partial charge in [-0.1, -0.05) is 22.8 Å². The van der Waals surface area contributed by atoms with Crippen LogP contribution >= 0.6 is 22.9 Å². The van der Waals surface area contributed by atoms with Crippen LogP contribution in [-0.4, -0.2) is 54.8 Å². The molecule has 3 heterocycles. The zero-order valence-corrected chi connectivity index (χ0v) is 16.5. The summed E-state index contributed by atoms with van der Waals surface area (Å²) in [5.74, 6) is -0.380. The molecule has 146 valence electrons. The summed E-state index contributed by atoms with van der Waals surface area (Å²) in [6.07, 6.45) is -0.343. The van der Waals surface area contributed by atoms with E-state index in [1.54, 1.807) is 35.2 Å². The predicted molar refractivity (Wildman–Crippen MR) is 107 cm³/mol. The first-order valence-electron chi connectivity index (χ1n) is 8.86. The Morgan fingerprint density at radius 1 is 1.21 bits per heavy atom. The highest BCUT2D eigenvalue weighted by Crippen LogP contribution is 2.27. The van der Waals surface area contributed by atoms with Gasteiger partial charge in [-0.25, -0.2) is 0 Å². The van der Waals surface area contributed by atoms with Crippen molar-refractivity contribution in [3.63, 3.8) is 0 Å². The molecule has 0 bridgehead atoms. The summed E-state index contributed by atoms with van der Waals surface area (Å²) >= 11 is 7.34. The third kappa shape index (κ3) is 4.19. The number of oxime groups is 1. The maximum atomic E-state index is 12.6. The van der Waals surface area contributed by atoms with Crippen molar-refractivity contribution in [2.75, 3.05) is 31.6 Å². The van der Waals surface area contributed by atoms with Crippen molar-refractivity contribution in [1.29, 1.82) is 0 Å². The number of nitrogens with zero attached hydrogens (tertiary/aromatic N) is 2. The molecule has 1 aromatic heterocycles. The van der Waals surface area contributed by atoms with Crippen LogP contribution in [0.1, 0.15) is 21.7 Å². The normalized spacial score (nSPS) is 19.1. The SMILES string of the molecule is O=C(Nc1cccc(C(=O)N2CCOCC2)c1)C1CC(c2ccc(Cl)s2)=NO1. The minimum atomic E-state index is -0.713. The second kappa shape index (κ2) is 8.30. The van der Waals surface area contributed by atoms with Gasteiger partial charge >= 0.3 is 0 Å². The van der Waals surface area contributed by atoms with E-state index in [1.807, 2.05) is 6.07 Å². The molecule has 0 aliphatic carbocycles. The molecule has 9 heteroatoms. The lowest BCUT2D eigenvalue weighted by Gasteiger charge is -2.27. The first-order chi connectivity index (χ1) is 13.6. The standard InChI is InChI=1S/C19H18ClN3O4S/c20-17-5-4-16(28-17)14-11-15(27-22-14)18(24)21-13-3-1-2-12(10-13)19(25)23-6-8-26-9-7-23/h1-5,10,15H,6-9,11H2,(H,21,24). The van der Waals surface area contributed by atoms with Crippen LogP contribution in [0, 0.1) is 0 Å². The molecule has 2 aromatic rings. The van der Waals surface area contributed by atoms with Crippen molar-refractivity contribution in [3.8, 4) is 0 Å². The molecule has 28 heavy (non-hydrogen) atoms. The number of amides is 2. The van der Waals surface area contributed by atoms with E-state index >= 15 is 0 Å². The van der Waals surface area contributed by atoms with E-state index in [0.717, 1.165) is 4.88 Å². The van der Waals surface area contributed by atoms with Crippen LogP contribution in [0.15, 0.2) is 41.6 Å². The van der Waals surface area contributed by atoms with Crippen molar-refractivity contribution in [1.82, 2.24) is 4.90 Å². The van der Waals surface area contributed by atoms with Crippen molar-refractivity contribution in [3.05, 3.63) is 51.2 Å². The third-order valence-corrected chi connectivity index (χ3v) is 5.77. The molecular formula is C19H18ClN3O4S. The number of morpholine rings is 1. The summed E-state index contributed by atoms with van der Waals surface area (Å²) in [6.45, 7) is 2.22. The molecule has 1 fully saturated rings. The van der Waals surface area contributed by atoms with Gasteiger partial charge in [-0.3, -0.25) is 9.59 Å². The summed E-state index contributed by atoms with van der Waals surface area (Å²) < 4.78 is 5.94. The van der Waals surface area contributed by atoms with Crippen molar-refractivity contribution >= 4 is 46.2 Å². The number of nitrogens with one attached hydrogen (secondary N) is 1. The maximum Gasteiger partial charge on any atom is 0.268 e. The van der Waals surface area contributed by atoms with Crippen LogP contribution in [-0.2, 0) is 14.4 Å². The average molecular weight is 420 g/mol. The molecule has 0 spiro atoms. The van der Waals surface area contributed by atoms with Gasteiger partial charge in [0.15, 0.2) is 0 Å². The molecule has 1 unspecified atom stereocenters. The van der Waals surface area contributed by atoms with Gasteiger partial charge in [0.25, 0.3) is 11.8 Å². The van der Waals surface area contributed by atoms with Crippen LogP contribution in [0.4, 0.5) is 5.69 Å². The molecule has 1 N–H and O–H groups in total. The molecule has 2 amide bonds. The molecule has 7 nitrogen and oxygen atoms in total. The zero-order valence-electron chi connectivity index (χ0n) is 14.9. The van der Waals surface area contributed by atoms with Gasteiger partial charge in [0.05, 0.1) is 22.4 Å². The smallest absolute Gasteiger partial charge is 0.268 e. The number of hydrogen-bond donors (Lipinski definition) is 1. The molecular weight excluding hydrogens is 402 g/mol. The largest absolute Gasteiger partial charge is 0.382 e. The number of halogens is 1. The van der Waals surface area contributed by atoms with Gasteiger partial charge in [0.2, 0.25) is 6.10 Å². The van der Waals surface area contributed by atoms with E-state index in [0.29, 0.717) is 54.0 Å². The Bertz CT molecular complexity index is 923. The van der Waals surface area contributed by atoms with Crippen molar-refractivity contribution in [2.24, 2.45) is 5.16 Å². The van der Waals surface area contributed by atoms with E-state index in [9.17, 15) is 9.59 Å². The fourth-order valence-corrected chi connectivity index (χ4v) is 4.07. The predicted octanol–water partition coefficient (Wildman–Crippen LogP) is 3.01. The van der Waals surface area contributed by atoms with Crippen molar-refractivity contribution < 1.29 is 19.2 Å². The van der Waals surface area contributed by atoms with E-state index in [4.69, 9.17) is 21.2 Å². The molecule has 2 aliphatic rings. The third-order valence-electron chi connectivity index (χ3n) is 4.49. The van der Waals surface area contributed by atoms with Crippen LogP contribution < -0.4 is 5.32 Å². The minimum absolute atomic E-state index is 0.0725. The van der Waals surface area contributed by atoms with Gasteiger partial charge in [0.1, 0.15) is 5.71 Å². The number of rotatable bonds is 4. The Balaban J connectivity index is 1.38. The van der Waals surface area contributed by atoms with Crippen LogP contribution in [0.5, 0.6) is 0 Å². The van der Waals surface area contributed by atoms with E-state index in [1.165, 1.54) is 11.3 Å². The van der Waals surface area contributed by atoms with Crippen LogP contribution in [0.3, 0.4) is 0 Å². The first-order valence-corrected chi connectivity index (χ1v) is 10.1. The number of hydrogen-bond acceptors (Lipinski definition) is 6. The van der Waals surface area contributed by atoms with E-state index < -0.39 is 6.10 Å². The van der Waals surface area contributed by atoms with Gasteiger partial charge in [0, 0.05) is 30.8 Å². The van der Waals surface area contributed by atoms with E-state index in [-0.39, 0.29) is 11.8 Å². The number of carbonyl (C=O) groups is 2. The summed E-state index contributed by atoms with van der Waals surface area (Å²) in [7, 11) is 0. The lowest BCUT2D eigenvalue weighted by atomic mass is 10.1. The molecule has 0 radical (unpaired) electrons. The van der Waals surface area contributed by atoms with Crippen LogP contribution in [0.2, 0.25) is 4.34 Å². The Morgan fingerprint density at radius 2 is 2.04 bits per heavy atom. The number of ether oxygens (including phenoxy) is 1. The molecule has 1 saturated heterocycles. The highest BCUT2D eigenvalue weighted by Gasteiger charge is 2.30. The minimum Gasteiger partial charge on any atom is -0.382 e. The first kappa shape index (κ1) is 18.9. The van der Waals surface area contributed by atoms with Crippen LogP contribution in [0.25, 0.3) is 0 Å². The topological polar surface area (TPSA) is 80.2 Å². The Labute approximate surface area is 170 Å². The average Bonchev–Trinajstić information content (AvgIpc) is 3.37. The number of anilines is 1. The summed E-state index contributed by atoms with van der Waals surface area (Å²) in [4.78, 5) is 33.1. The molecule has 1 aromatic carbocycles. The Hall–Kier alpha value is -2.42. The lowest BCUT2D eigenvalue weighted by molar-refractivity contribution is -0.125. The van der Waals surface area contributed by atoms with Crippen molar-refractivity contribution in [2.45, 2.75) is 12.5 Å². The van der Waals surface area contributed by atoms with Gasteiger partial charge in [-0.15, -0.1) is 11.3 Å². The highest BCUT2D eigenvalue weighted by molar-refractivity contribution is 7.18. The van der Waals surface area contributed by atoms with Gasteiger partial charge in [-0.05, 0) is 30.3 Å². The lowest BCUT2D eigenvalue weighted by Crippen LogP contribution is -2.40. The van der Waals surface area contributed by atoms with E-state index in [2.05, 4.69) is 10.5 Å². The van der Waals surface area contributed by atoms with Gasteiger partial charge in [-0.2, -0.15) is 0 Å². The maximum absolute atomic E-state index is 12.6. The fourth-order valence-electron chi connectivity index (χ4n) is 3.03. The quantitative estimate of drug-likeness (QED) is 0.826. The van der Waals surface area contributed by atoms with Gasteiger partial charge < -0.3 is 19.8 Å².